The molecule has 3 heterocycles. The molecule has 52 heavy (non-hydrogen) atoms. The van der Waals surface area contributed by atoms with Crippen LogP contribution in [0.25, 0.3) is 0 Å². The third-order valence-electron chi connectivity index (χ3n) is 11.1. The number of aliphatic hydroxyl groups is 1. The van der Waals surface area contributed by atoms with Gasteiger partial charge in [-0.15, -0.1) is 13.2 Å². The summed E-state index contributed by atoms with van der Waals surface area (Å²) in [7, 11) is 0. The van der Waals surface area contributed by atoms with Crippen molar-refractivity contribution in [3.05, 3.63) is 61.2 Å². The highest BCUT2D eigenvalue weighted by Crippen LogP contribution is 2.61. The zero-order valence-corrected chi connectivity index (χ0v) is 33.9. The molecule has 4 rings (SSSR count). The van der Waals surface area contributed by atoms with Gasteiger partial charge in [-0.2, -0.15) is 0 Å². The summed E-state index contributed by atoms with van der Waals surface area (Å²) >= 11 is 3.77. The van der Waals surface area contributed by atoms with Crippen LogP contribution in [0.1, 0.15) is 99.2 Å². The molecule has 288 valence electrons. The van der Waals surface area contributed by atoms with E-state index in [0.717, 1.165) is 0 Å². The van der Waals surface area contributed by atoms with Gasteiger partial charge < -0.3 is 29.7 Å². The highest BCUT2D eigenvalue weighted by molar-refractivity contribution is 9.09. The number of nitrogens with one attached hydrogen (secondary N) is 1. The van der Waals surface area contributed by atoms with Crippen molar-refractivity contribution in [1.82, 2.24) is 15.1 Å². The highest BCUT2D eigenvalue weighted by Gasteiger charge is 2.78. The maximum atomic E-state index is 15.2. The Morgan fingerprint density at radius 2 is 1.81 bits per heavy atom. The first-order chi connectivity index (χ1) is 24.4. The molecule has 11 heteroatoms. The van der Waals surface area contributed by atoms with E-state index in [-0.39, 0.29) is 47.5 Å². The first kappa shape index (κ1) is 41.7. The van der Waals surface area contributed by atoms with Crippen LogP contribution >= 0.6 is 15.9 Å². The molecular weight excluding hydrogens is 726 g/mol. The number of benzene rings is 1. The van der Waals surface area contributed by atoms with Crippen LogP contribution in [0.5, 0.6) is 0 Å². The Morgan fingerprint density at radius 1 is 1.15 bits per heavy atom. The standard InChI is InChI=1S/C41H60BrN3O7/c1-11-14-20-30(47)43-26(5)33(27-18-16-15-17-19-27)51-38(50)31-32-36(48)45(29(23-46)25(4)13-3)35(41(32)22-28(42)34(31)52-41)37(49)44(21-12-2)40(9,10)24-39(6,7)8/h11-12,15-19,25-26,28-29,31-35,46H,1-2,13-14,20-24H2,3-10H3,(H,43,47)/t25-,26+,28?,29-,31-,32+,33+,34-,35-,41+/m0/s1. The number of hydrogen-bond acceptors (Lipinski definition) is 7. The second-order valence-corrected chi connectivity index (χ2v) is 18.0. The molecule has 1 aromatic carbocycles. The molecular formula is C41H60BrN3O7. The Bertz CT molecular complexity index is 1480. The summed E-state index contributed by atoms with van der Waals surface area (Å²) in [5.41, 5.74) is -1.40. The molecule has 3 fully saturated rings. The summed E-state index contributed by atoms with van der Waals surface area (Å²) in [6.45, 7) is 23.7. The van der Waals surface area contributed by atoms with Gasteiger partial charge in [0.1, 0.15) is 17.7 Å². The zero-order chi connectivity index (χ0) is 38.8. The van der Waals surface area contributed by atoms with Crippen LogP contribution in [0.4, 0.5) is 0 Å². The third kappa shape index (κ3) is 8.21. The number of amides is 3. The summed E-state index contributed by atoms with van der Waals surface area (Å²) in [4.78, 5) is 60.5. The van der Waals surface area contributed by atoms with Gasteiger partial charge in [-0.05, 0) is 56.9 Å². The largest absolute Gasteiger partial charge is 0.455 e. The van der Waals surface area contributed by atoms with Crippen LogP contribution in [0.2, 0.25) is 0 Å². The SMILES string of the molecule is C=CCCC(=O)N[C@H](C)[C@@H](OC(=O)[C@@H]1[C@H]2O[C@@]3(CC2Br)[C@H](C(=O)N(CC=C)C(C)(C)CC(C)(C)C)N([C@@H](CO)[C@@H](C)CC)C(=O)[C@@H]13)c1ccccc1. The number of carbonyl (C=O) groups is 4. The second kappa shape index (κ2) is 16.6. The van der Waals surface area contributed by atoms with Gasteiger partial charge in [0, 0.05) is 23.3 Å². The van der Waals surface area contributed by atoms with Crippen molar-refractivity contribution in [3.8, 4) is 0 Å². The van der Waals surface area contributed by atoms with Gasteiger partial charge >= 0.3 is 5.97 Å². The van der Waals surface area contributed by atoms with Gasteiger partial charge in [-0.25, -0.2) is 0 Å². The number of allylic oxidation sites excluding steroid dienone is 1. The Balaban J connectivity index is 1.80. The number of rotatable bonds is 17. The molecule has 2 bridgehead atoms. The Morgan fingerprint density at radius 3 is 2.37 bits per heavy atom. The van der Waals surface area contributed by atoms with Crippen molar-refractivity contribution in [1.29, 1.82) is 0 Å². The fraction of sp³-hybridized carbons (Fsp3) is 0.659. The molecule has 3 saturated heterocycles. The van der Waals surface area contributed by atoms with Gasteiger partial charge in [-0.1, -0.05) is 99.5 Å². The number of carbonyl (C=O) groups excluding carboxylic acids is 4. The van der Waals surface area contributed by atoms with E-state index in [2.05, 4.69) is 55.2 Å². The number of hydrogen-bond donors (Lipinski definition) is 2. The molecule has 10 nitrogen and oxygen atoms in total. The molecule has 3 amide bonds. The second-order valence-electron chi connectivity index (χ2n) is 16.8. The molecule has 0 aromatic heterocycles. The molecule has 0 aliphatic carbocycles. The van der Waals surface area contributed by atoms with Crippen molar-refractivity contribution in [3.63, 3.8) is 0 Å². The monoisotopic (exact) mass is 785 g/mol. The molecule has 1 unspecified atom stereocenters. The van der Waals surface area contributed by atoms with Gasteiger partial charge in [0.15, 0.2) is 0 Å². The maximum absolute atomic E-state index is 15.2. The third-order valence-corrected chi connectivity index (χ3v) is 12.0. The van der Waals surface area contributed by atoms with Gasteiger partial charge in [0.2, 0.25) is 17.7 Å². The molecule has 1 spiro atoms. The number of ether oxygens (including phenoxy) is 2. The van der Waals surface area contributed by atoms with E-state index in [1.54, 1.807) is 28.9 Å². The van der Waals surface area contributed by atoms with E-state index in [1.807, 2.05) is 58.0 Å². The van der Waals surface area contributed by atoms with Crippen molar-refractivity contribution < 1.29 is 33.8 Å². The lowest BCUT2D eigenvalue weighted by molar-refractivity contribution is -0.163. The summed E-state index contributed by atoms with van der Waals surface area (Å²) in [6, 6.07) is 6.82. The predicted molar refractivity (Wildman–Crippen MR) is 205 cm³/mol. The van der Waals surface area contributed by atoms with Gasteiger partial charge in [0.25, 0.3) is 0 Å². The lowest BCUT2D eigenvalue weighted by Gasteiger charge is -2.47. The molecule has 2 N–H and O–H groups in total. The minimum atomic E-state index is -1.35. The minimum Gasteiger partial charge on any atom is -0.455 e. The van der Waals surface area contributed by atoms with Crippen LogP contribution in [-0.4, -0.2) is 91.9 Å². The Hall–Kier alpha value is -3.02. The molecule has 1 aromatic rings. The lowest BCUT2D eigenvalue weighted by atomic mass is 9.70. The van der Waals surface area contributed by atoms with Crippen LogP contribution in [-0.2, 0) is 28.7 Å². The predicted octanol–water partition coefficient (Wildman–Crippen LogP) is 6.13. The van der Waals surface area contributed by atoms with E-state index in [9.17, 15) is 19.5 Å². The van der Waals surface area contributed by atoms with Crippen LogP contribution < -0.4 is 5.32 Å². The zero-order valence-electron chi connectivity index (χ0n) is 32.3. The lowest BCUT2D eigenvalue weighted by Crippen LogP contribution is -2.63. The minimum absolute atomic E-state index is 0.116. The topological polar surface area (TPSA) is 125 Å². The van der Waals surface area contributed by atoms with Crippen LogP contribution in [0.15, 0.2) is 55.6 Å². The number of esters is 1. The summed E-state index contributed by atoms with van der Waals surface area (Å²) in [5.74, 6) is -3.72. The molecule has 3 aliphatic heterocycles. The van der Waals surface area contributed by atoms with Crippen molar-refractivity contribution >= 4 is 39.6 Å². The van der Waals surface area contributed by atoms with Crippen molar-refractivity contribution in [2.45, 2.75) is 134 Å². The summed E-state index contributed by atoms with van der Waals surface area (Å²) in [5, 5.41) is 13.8. The number of fused-ring (bicyclic) bond motifs is 1. The number of nitrogens with zero attached hydrogens (tertiary/aromatic N) is 2. The summed E-state index contributed by atoms with van der Waals surface area (Å²) in [6.07, 6.45) is 4.18. The van der Waals surface area contributed by atoms with E-state index >= 15 is 4.79 Å². The van der Waals surface area contributed by atoms with E-state index < -0.39 is 65.2 Å². The van der Waals surface area contributed by atoms with E-state index in [1.165, 1.54) is 0 Å². The summed E-state index contributed by atoms with van der Waals surface area (Å²) < 4.78 is 13.1. The fourth-order valence-electron chi connectivity index (χ4n) is 9.03. The highest BCUT2D eigenvalue weighted by atomic mass is 79.9. The quantitative estimate of drug-likeness (QED) is 0.111. The van der Waals surface area contributed by atoms with E-state index in [0.29, 0.717) is 31.2 Å². The van der Waals surface area contributed by atoms with Gasteiger partial charge in [-0.3, -0.25) is 19.2 Å². The van der Waals surface area contributed by atoms with Crippen LogP contribution in [0, 0.1) is 23.2 Å². The molecule has 0 saturated carbocycles. The van der Waals surface area contributed by atoms with Crippen molar-refractivity contribution in [2.24, 2.45) is 23.2 Å². The molecule has 10 atom stereocenters. The molecule has 0 radical (unpaired) electrons. The normalized spacial score (nSPS) is 27.7. The average molecular weight is 787 g/mol. The maximum Gasteiger partial charge on any atom is 0.313 e. The van der Waals surface area contributed by atoms with E-state index in [4.69, 9.17) is 9.47 Å². The average Bonchev–Trinajstić information content (AvgIpc) is 3.67. The first-order valence-electron chi connectivity index (χ1n) is 18.7. The van der Waals surface area contributed by atoms with Gasteiger partial charge in [0.05, 0.1) is 36.6 Å². The smallest absolute Gasteiger partial charge is 0.313 e. The van der Waals surface area contributed by atoms with Crippen LogP contribution in [0.3, 0.4) is 0 Å². The number of halogens is 1. The Kier molecular flexibility index (Phi) is 13.3. The van der Waals surface area contributed by atoms with Crippen molar-refractivity contribution in [2.75, 3.05) is 13.2 Å². The Labute approximate surface area is 318 Å². The number of alkyl halides is 1. The molecule has 3 aliphatic rings. The fourth-order valence-corrected chi connectivity index (χ4v) is 9.98. The number of aliphatic hydroxyl groups excluding tert-OH is 1. The number of likely N-dealkylation sites (tertiary alicyclic amines) is 1. The first-order valence-corrected chi connectivity index (χ1v) is 19.6.